The molecule has 1 heterocycles. The van der Waals surface area contributed by atoms with Crippen LogP contribution >= 0.6 is 11.6 Å². The van der Waals surface area contributed by atoms with Crippen LogP contribution in [0.25, 0.3) is 5.69 Å². The number of benzene rings is 2. The Balaban J connectivity index is 2.01. The Bertz CT molecular complexity index is 927. The predicted molar refractivity (Wildman–Crippen MR) is 88.0 cm³/mol. The standard InChI is InChI=1S/C17H12ClN5O/c1-11-5-7-14(8-6-11)23-17(20-21-22-23)15(10-19)16(24)12-3-2-4-13(18)9-12/h2-9,15H,1H3. The van der Waals surface area contributed by atoms with Crippen molar-refractivity contribution in [2.75, 3.05) is 0 Å². The molecule has 0 bridgehead atoms. The molecular formula is C17H12ClN5O. The van der Waals surface area contributed by atoms with E-state index >= 15 is 0 Å². The molecule has 7 heteroatoms. The maximum absolute atomic E-state index is 12.7. The number of nitrogens with zero attached hydrogens (tertiary/aromatic N) is 5. The molecule has 0 saturated carbocycles. The lowest BCUT2D eigenvalue weighted by atomic mass is 9.98. The van der Waals surface area contributed by atoms with Crippen molar-refractivity contribution in [3.05, 3.63) is 70.5 Å². The maximum atomic E-state index is 12.7. The zero-order chi connectivity index (χ0) is 17.1. The van der Waals surface area contributed by atoms with Gasteiger partial charge in [0, 0.05) is 10.6 Å². The second-order valence-corrected chi connectivity index (χ2v) is 5.66. The number of hydrogen-bond acceptors (Lipinski definition) is 5. The summed E-state index contributed by atoms with van der Waals surface area (Å²) < 4.78 is 1.40. The van der Waals surface area contributed by atoms with Crippen LogP contribution < -0.4 is 0 Å². The number of hydrogen-bond donors (Lipinski definition) is 0. The van der Waals surface area contributed by atoms with Crippen LogP contribution in [0.15, 0.2) is 48.5 Å². The van der Waals surface area contributed by atoms with Gasteiger partial charge in [0.1, 0.15) is 0 Å². The number of carbonyl (C=O) groups excluding carboxylic acids is 1. The smallest absolute Gasteiger partial charge is 0.187 e. The minimum Gasteiger partial charge on any atom is -0.292 e. The Labute approximate surface area is 143 Å². The summed E-state index contributed by atoms with van der Waals surface area (Å²) in [6.07, 6.45) is 0. The molecule has 0 spiro atoms. The average Bonchev–Trinajstić information content (AvgIpc) is 3.05. The molecule has 0 aliphatic heterocycles. The van der Waals surface area contributed by atoms with E-state index in [1.54, 1.807) is 18.2 Å². The Morgan fingerprint density at radius 2 is 2.00 bits per heavy atom. The number of aryl methyl sites for hydroxylation is 1. The second kappa shape index (κ2) is 6.60. The fourth-order valence-corrected chi connectivity index (χ4v) is 2.48. The molecule has 0 fully saturated rings. The van der Waals surface area contributed by atoms with Crippen molar-refractivity contribution < 1.29 is 4.79 Å². The highest BCUT2D eigenvalue weighted by atomic mass is 35.5. The summed E-state index contributed by atoms with van der Waals surface area (Å²) in [4.78, 5) is 12.7. The van der Waals surface area contributed by atoms with Gasteiger partial charge in [-0.05, 0) is 41.6 Å². The molecule has 0 radical (unpaired) electrons. The van der Waals surface area contributed by atoms with Gasteiger partial charge in [-0.1, -0.05) is 41.4 Å². The van der Waals surface area contributed by atoms with Crippen molar-refractivity contribution in [2.45, 2.75) is 12.8 Å². The lowest BCUT2D eigenvalue weighted by molar-refractivity contribution is 0.0975. The van der Waals surface area contributed by atoms with Gasteiger partial charge in [-0.2, -0.15) is 9.94 Å². The molecule has 0 N–H and O–H groups in total. The number of Topliss-reactive ketones (excluding diaryl/α,β-unsaturated/α-hetero) is 1. The number of tetrazole rings is 1. The Morgan fingerprint density at radius 3 is 2.67 bits per heavy atom. The van der Waals surface area contributed by atoms with E-state index in [1.165, 1.54) is 10.7 Å². The summed E-state index contributed by atoms with van der Waals surface area (Å²) in [5, 5.41) is 21.3. The van der Waals surface area contributed by atoms with Crippen LogP contribution in [0.3, 0.4) is 0 Å². The largest absolute Gasteiger partial charge is 0.292 e. The first-order valence-corrected chi connectivity index (χ1v) is 7.52. The Morgan fingerprint density at radius 1 is 1.25 bits per heavy atom. The molecule has 24 heavy (non-hydrogen) atoms. The van der Waals surface area contributed by atoms with Crippen LogP contribution in [-0.2, 0) is 0 Å². The normalized spacial score (nSPS) is 11.7. The second-order valence-electron chi connectivity index (χ2n) is 5.22. The lowest BCUT2D eigenvalue weighted by Gasteiger charge is -2.09. The van der Waals surface area contributed by atoms with Gasteiger partial charge in [-0.3, -0.25) is 4.79 Å². The molecule has 3 rings (SSSR count). The van der Waals surface area contributed by atoms with Gasteiger partial charge in [0.15, 0.2) is 17.5 Å². The highest BCUT2D eigenvalue weighted by molar-refractivity contribution is 6.31. The van der Waals surface area contributed by atoms with E-state index in [2.05, 4.69) is 15.5 Å². The molecule has 1 atom stereocenters. The van der Waals surface area contributed by atoms with Gasteiger partial charge in [-0.25, -0.2) is 0 Å². The minimum atomic E-state index is -1.13. The zero-order valence-corrected chi connectivity index (χ0v) is 13.5. The zero-order valence-electron chi connectivity index (χ0n) is 12.7. The molecule has 0 saturated heterocycles. The molecule has 6 nitrogen and oxygen atoms in total. The van der Waals surface area contributed by atoms with Crippen molar-refractivity contribution in [2.24, 2.45) is 0 Å². The maximum Gasteiger partial charge on any atom is 0.187 e. The van der Waals surface area contributed by atoms with Crippen molar-refractivity contribution in [3.8, 4) is 11.8 Å². The monoisotopic (exact) mass is 337 g/mol. The number of ketones is 1. The highest BCUT2D eigenvalue weighted by Gasteiger charge is 2.28. The van der Waals surface area contributed by atoms with Gasteiger partial charge in [-0.15, -0.1) is 5.10 Å². The van der Waals surface area contributed by atoms with E-state index < -0.39 is 11.7 Å². The van der Waals surface area contributed by atoms with Crippen molar-refractivity contribution in [1.82, 2.24) is 20.2 Å². The van der Waals surface area contributed by atoms with Crippen LogP contribution in [0.2, 0.25) is 5.02 Å². The number of carbonyl (C=O) groups is 1. The highest BCUT2D eigenvalue weighted by Crippen LogP contribution is 2.22. The molecule has 3 aromatic rings. The molecule has 1 aromatic heterocycles. The first-order valence-electron chi connectivity index (χ1n) is 7.15. The molecular weight excluding hydrogens is 326 g/mol. The fraction of sp³-hybridized carbons (Fsp3) is 0.118. The van der Waals surface area contributed by atoms with E-state index in [0.717, 1.165) is 5.56 Å². The lowest BCUT2D eigenvalue weighted by Crippen LogP contribution is -2.16. The van der Waals surface area contributed by atoms with Crippen LogP contribution in [0.1, 0.15) is 27.7 Å². The average molecular weight is 338 g/mol. The van der Waals surface area contributed by atoms with E-state index in [9.17, 15) is 10.1 Å². The molecule has 0 amide bonds. The van der Waals surface area contributed by atoms with Gasteiger partial charge >= 0.3 is 0 Å². The molecule has 0 aliphatic rings. The third-order valence-electron chi connectivity index (χ3n) is 3.53. The van der Waals surface area contributed by atoms with Crippen LogP contribution in [0.4, 0.5) is 0 Å². The molecule has 1 unspecified atom stereocenters. The summed E-state index contributed by atoms with van der Waals surface area (Å²) in [5.41, 5.74) is 2.10. The SMILES string of the molecule is Cc1ccc(-n2nnnc2C(C#N)C(=O)c2cccc(Cl)c2)cc1. The Hall–Kier alpha value is -3.04. The van der Waals surface area contributed by atoms with E-state index in [0.29, 0.717) is 16.3 Å². The van der Waals surface area contributed by atoms with E-state index in [-0.39, 0.29) is 5.82 Å². The number of halogens is 1. The summed E-state index contributed by atoms with van der Waals surface area (Å²) in [6, 6.07) is 15.9. The van der Waals surface area contributed by atoms with Gasteiger partial charge in [0.05, 0.1) is 11.8 Å². The van der Waals surface area contributed by atoms with Crippen molar-refractivity contribution in [1.29, 1.82) is 5.26 Å². The first-order chi connectivity index (χ1) is 11.6. The minimum absolute atomic E-state index is 0.173. The van der Waals surface area contributed by atoms with E-state index in [4.69, 9.17) is 11.6 Å². The third-order valence-corrected chi connectivity index (χ3v) is 3.77. The quantitative estimate of drug-likeness (QED) is 0.683. The van der Waals surface area contributed by atoms with Crippen LogP contribution in [-0.4, -0.2) is 26.0 Å². The Kier molecular flexibility index (Phi) is 4.36. The topological polar surface area (TPSA) is 84.5 Å². The van der Waals surface area contributed by atoms with Crippen molar-refractivity contribution >= 4 is 17.4 Å². The number of rotatable bonds is 4. The van der Waals surface area contributed by atoms with Gasteiger partial charge in [0.2, 0.25) is 0 Å². The van der Waals surface area contributed by atoms with Crippen LogP contribution in [0, 0.1) is 18.3 Å². The predicted octanol–water partition coefficient (Wildman–Crippen LogP) is 3.11. The molecule has 2 aromatic carbocycles. The summed E-state index contributed by atoms with van der Waals surface area (Å²) in [5.74, 6) is -1.35. The van der Waals surface area contributed by atoms with Gasteiger partial charge < -0.3 is 0 Å². The molecule has 118 valence electrons. The van der Waals surface area contributed by atoms with Crippen LogP contribution in [0.5, 0.6) is 0 Å². The number of aromatic nitrogens is 4. The summed E-state index contributed by atoms with van der Waals surface area (Å²) >= 11 is 5.92. The van der Waals surface area contributed by atoms with Gasteiger partial charge in [0.25, 0.3) is 0 Å². The van der Waals surface area contributed by atoms with Crippen molar-refractivity contribution in [3.63, 3.8) is 0 Å². The fourth-order valence-electron chi connectivity index (χ4n) is 2.29. The summed E-state index contributed by atoms with van der Waals surface area (Å²) in [6.45, 7) is 1.96. The first kappa shape index (κ1) is 15.8. The third kappa shape index (κ3) is 3.03. The summed E-state index contributed by atoms with van der Waals surface area (Å²) in [7, 11) is 0. The molecule has 0 aliphatic carbocycles. The van der Waals surface area contributed by atoms with E-state index in [1.807, 2.05) is 37.3 Å². The number of nitriles is 1.